The Morgan fingerprint density at radius 3 is 2.50 bits per heavy atom. The third kappa shape index (κ3) is 2.04. The van der Waals surface area contributed by atoms with Gasteiger partial charge in [0, 0.05) is 16.7 Å². The normalized spacial score (nSPS) is 30.3. The number of nitrogens with one attached hydrogen (secondary N) is 1. The van der Waals surface area contributed by atoms with Crippen LogP contribution in [0, 0.1) is 28.1 Å². The minimum atomic E-state index is -0.221. The van der Waals surface area contributed by atoms with Gasteiger partial charge >= 0.3 is 0 Å². The van der Waals surface area contributed by atoms with Crippen LogP contribution in [0.4, 0.5) is 0 Å². The molecule has 2 atom stereocenters. The summed E-state index contributed by atoms with van der Waals surface area (Å²) in [5.74, 6) is 0.448. The number of carbonyl (C=O) groups excluding carboxylic acids is 1. The first-order chi connectivity index (χ1) is 10.4. The van der Waals surface area contributed by atoms with Crippen LogP contribution < -0.4 is 5.43 Å². The predicted octanol–water partition coefficient (Wildman–Crippen LogP) is 3.49. The van der Waals surface area contributed by atoms with Crippen LogP contribution in [0.1, 0.15) is 56.0 Å². The smallest absolute Gasteiger partial charge is 0.267 e. The standard InChI is InChI=1S/C18H21N3O/c1-17(2)14-8-9-18(17,3)15(10-14)20-21-16(22)13-6-4-12(11-19)5-7-13/h4-7,14H,8-10H2,1-3H3,(H,21,22)/b20-15+/t14-,18-/m0/s1. The zero-order chi connectivity index (χ0) is 16.0. The Bertz CT molecular complexity index is 681. The van der Waals surface area contributed by atoms with E-state index >= 15 is 0 Å². The summed E-state index contributed by atoms with van der Waals surface area (Å²) in [5, 5.41) is 13.2. The maximum absolute atomic E-state index is 12.2. The number of fused-ring (bicyclic) bond motifs is 2. The van der Waals surface area contributed by atoms with E-state index in [0.717, 1.165) is 18.6 Å². The highest BCUT2D eigenvalue weighted by Crippen LogP contribution is 2.63. The molecule has 1 amide bonds. The molecule has 2 bridgehead atoms. The van der Waals surface area contributed by atoms with Crippen molar-refractivity contribution >= 4 is 11.6 Å². The van der Waals surface area contributed by atoms with Crippen LogP contribution in [0.3, 0.4) is 0 Å². The Hall–Kier alpha value is -2.15. The van der Waals surface area contributed by atoms with Gasteiger partial charge in [-0.1, -0.05) is 20.8 Å². The number of hydrogen-bond donors (Lipinski definition) is 1. The fourth-order valence-electron chi connectivity index (χ4n) is 3.98. The fourth-order valence-corrected chi connectivity index (χ4v) is 3.98. The molecule has 0 aromatic heterocycles. The number of rotatable bonds is 2. The van der Waals surface area contributed by atoms with E-state index in [2.05, 4.69) is 31.3 Å². The highest BCUT2D eigenvalue weighted by atomic mass is 16.2. The molecule has 4 heteroatoms. The van der Waals surface area contributed by atoms with E-state index in [9.17, 15) is 4.79 Å². The van der Waals surface area contributed by atoms with Crippen molar-refractivity contribution in [3.8, 4) is 6.07 Å². The van der Waals surface area contributed by atoms with Crippen LogP contribution in [-0.4, -0.2) is 11.6 Å². The van der Waals surface area contributed by atoms with E-state index in [1.807, 2.05) is 6.07 Å². The molecule has 2 fully saturated rings. The first kappa shape index (κ1) is 14.8. The van der Waals surface area contributed by atoms with Gasteiger partial charge < -0.3 is 0 Å². The molecule has 1 N–H and O–H groups in total. The highest BCUT2D eigenvalue weighted by molar-refractivity contribution is 5.98. The van der Waals surface area contributed by atoms with E-state index in [-0.39, 0.29) is 16.7 Å². The Morgan fingerprint density at radius 1 is 1.32 bits per heavy atom. The summed E-state index contributed by atoms with van der Waals surface area (Å²) < 4.78 is 0. The number of hydrogen-bond acceptors (Lipinski definition) is 3. The maximum Gasteiger partial charge on any atom is 0.271 e. The van der Waals surface area contributed by atoms with Crippen molar-refractivity contribution in [1.82, 2.24) is 5.43 Å². The van der Waals surface area contributed by atoms with Crippen LogP contribution >= 0.6 is 0 Å². The number of amides is 1. The van der Waals surface area contributed by atoms with E-state index in [0.29, 0.717) is 17.0 Å². The molecule has 114 valence electrons. The summed E-state index contributed by atoms with van der Waals surface area (Å²) >= 11 is 0. The molecule has 0 aliphatic heterocycles. The van der Waals surface area contributed by atoms with Gasteiger partial charge in [0.05, 0.1) is 11.6 Å². The SMILES string of the molecule is CC1(C)[C@H]2CC[C@@]1(C)/C(=N/NC(=O)c1ccc(C#N)cc1)C2. The summed E-state index contributed by atoms with van der Waals surface area (Å²) in [6.45, 7) is 6.90. The number of benzene rings is 1. The summed E-state index contributed by atoms with van der Waals surface area (Å²) in [7, 11) is 0. The first-order valence-corrected chi connectivity index (χ1v) is 7.76. The molecule has 0 saturated heterocycles. The lowest BCUT2D eigenvalue weighted by Gasteiger charge is -2.34. The van der Waals surface area contributed by atoms with Gasteiger partial charge in [-0.3, -0.25) is 4.79 Å². The third-order valence-corrected chi connectivity index (χ3v) is 6.08. The average Bonchev–Trinajstić information content (AvgIpc) is 2.85. The van der Waals surface area contributed by atoms with Gasteiger partial charge in [-0.2, -0.15) is 10.4 Å². The molecule has 2 saturated carbocycles. The molecule has 22 heavy (non-hydrogen) atoms. The van der Waals surface area contributed by atoms with Crippen LogP contribution in [-0.2, 0) is 0 Å². The molecule has 0 radical (unpaired) electrons. The molecular formula is C18H21N3O. The van der Waals surface area contributed by atoms with Crippen LogP contribution in [0.25, 0.3) is 0 Å². The minimum absolute atomic E-state index is 0.0929. The van der Waals surface area contributed by atoms with Crippen molar-refractivity contribution in [2.45, 2.75) is 40.0 Å². The topological polar surface area (TPSA) is 65.2 Å². The first-order valence-electron chi connectivity index (χ1n) is 7.76. The van der Waals surface area contributed by atoms with Gasteiger partial charge in [0.25, 0.3) is 5.91 Å². The molecule has 1 aromatic carbocycles. The summed E-state index contributed by atoms with van der Waals surface area (Å²) in [6.07, 6.45) is 3.39. The summed E-state index contributed by atoms with van der Waals surface area (Å²) in [5.41, 5.74) is 5.23. The van der Waals surface area contributed by atoms with Gasteiger partial charge in [-0.05, 0) is 54.9 Å². The largest absolute Gasteiger partial charge is 0.271 e. The molecule has 2 aliphatic carbocycles. The van der Waals surface area contributed by atoms with Gasteiger partial charge in [0.2, 0.25) is 0 Å². The second kappa shape index (κ2) is 4.95. The van der Waals surface area contributed by atoms with Crippen LogP contribution in [0.2, 0.25) is 0 Å². The number of nitrogens with zero attached hydrogens (tertiary/aromatic N) is 2. The van der Waals surface area contributed by atoms with Gasteiger partial charge in [-0.25, -0.2) is 5.43 Å². The average molecular weight is 295 g/mol. The van der Waals surface area contributed by atoms with Gasteiger partial charge in [0.15, 0.2) is 0 Å². The number of carbonyl (C=O) groups is 1. The molecule has 3 rings (SSSR count). The molecule has 0 spiro atoms. The molecular weight excluding hydrogens is 274 g/mol. The monoisotopic (exact) mass is 295 g/mol. The molecule has 4 nitrogen and oxygen atoms in total. The lowest BCUT2D eigenvalue weighted by Crippen LogP contribution is -2.34. The summed E-state index contributed by atoms with van der Waals surface area (Å²) in [4.78, 5) is 12.2. The molecule has 2 aliphatic rings. The summed E-state index contributed by atoms with van der Waals surface area (Å²) in [6, 6.07) is 8.64. The highest BCUT2D eigenvalue weighted by Gasteiger charge is 2.59. The minimum Gasteiger partial charge on any atom is -0.267 e. The quantitative estimate of drug-likeness (QED) is 0.849. The zero-order valence-corrected chi connectivity index (χ0v) is 13.3. The lowest BCUT2D eigenvalue weighted by molar-refractivity contribution is 0.0954. The van der Waals surface area contributed by atoms with Crippen molar-refractivity contribution in [3.63, 3.8) is 0 Å². The Labute approximate surface area is 131 Å². The zero-order valence-electron chi connectivity index (χ0n) is 13.3. The maximum atomic E-state index is 12.2. The van der Waals surface area contributed by atoms with Crippen LogP contribution in [0.15, 0.2) is 29.4 Å². The molecule has 0 heterocycles. The second-order valence-corrected chi connectivity index (χ2v) is 7.18. The van der Waals surface area contributed by atoms with Crippen LogP contribution in [0.5, 0.6) is 0 Å². The Balaban J connectivity index is 1.75. The molecule has 0 unspecified atom stereocenters. The van der Waals surface area contributed by atoms with Gasteiger partial charge in [-0.15, -0.1) is 0 Å². The van der Waals surface area contributed by atoms with Crippen molar-refractivity contribution in [3.05, 3.63) is 35.4 Å². The molecule has 1 aromatic rings. The van der Waals surface area contributed by atoms with E-state index < -0.39 is 0 Å². The predicted molar refractivity (Wildman–Crippen MR) is 85.3 cm³/mol. The van der Waals surface area contributed by atoms with Crippen molar-refractivity contribution in [1.29, 1.82) is 5.26 Å². The van der Waals surface area contributed by atoms with Crippen molar-refractivity contribution in [2.24, 2.45) is 21.8 Å². The number of hydrazone groups is 1. The lowest BCUT2D eigenvalue weighted by atomic mass is 9.70. The van der Waals surface area contributed by atoms with Gasteiger partial charge in [0.1, 0.15) is 0 Å². The van der Waals surface area contributed by atoms with E-state index in [4.69, 9.17) is 5.26 Å². The van der Waals surface area contributed by atoms with E-state index in [1.165, 1.54) is 6.42 Å². The number of nitriles is 1. The van der Waals surface area contributed by atoms with E-state index in [1.54, 1.807) is 24.3 Å². The van der Waals surface area contributed by atoms with Crippen molar-refractivity contribution < 1.29 is 4.79 Å². The fraction of sp³-hybridized carbons (Fsp3) is 0.500. The Kier molecular flexibility index (Phi) is 3.32. The Morgan fingerprint density at radius 2 is 2.00 bits per heavy atom. The van der Waals surface area contributed by atoms with Crippen molar-refractivity contribution in [2.75, 3.05) is 0 Å². The third-order valence-electron chi connectivity index (χ3n) is 6.08. The second-order valence-electron chi connectivity index (χ2n) is 7.18.